The van der Waals surface area contributed by atoms with Gasteiger partial charge in [-0.05, 0) is 18.3 Å². The van der Waals surface area contributed by atoms with Gasteiger partial charge in [-0.15, -0.1) is 0 Å². The van der Waals surface area contributed by atoms with E-state index >= 15 is 0 Å². The average molecular weight is 281 g/mol. The largest absolute Gasteiger partial charge is 0.476 e. The van der Waals surface area contributed by atoms with Gasteiger partial charge in [-0.25, -0.2) is 0 Å². The van der Waals surface area contributed by atoms with Gasteiger partial charge in [0.15, 0.2) is 0 Å². The number of hydrogen-bond donors (Lipinski definition) is 1. The average Bonchev–Trinajstić information content (AvgIpc) is 2.35. The molecule has 1 aromatic heterocycles. The van der Waals surface area contributed by atoms with Crippen LogP contribution in [0.25, 0.3) is 0 Å². The molecule has 0 radical (unpaired) electrons. The van der Waals surface area contributed by atoms with E-state index in [1.807, 2.05) is 4.90 Å². The number of methoxy groups -OCH3 is 1. The number of hydrogen-bond acceptors (Lipinski definition) is 7. The first-order valence-electron chi connectivity index (χ1n) is 6.53. The summed E-state index contributed by atoms with van der Waals surface area (Å²) in [7, 11) is 1.33. The molecule has 0 saturated carbocycles. The third-order valence-corrected chi connectivity index (χ3v) is 3.39. The van der Waals surface area contributed by atoms with Crippen molar-refractivity contribution in [3.05, 3.63) is 10.1 Å². The molecule has 2 heterocycles. The zero-order chi connectivity index (χ0) is 14.9. The van der Waals surface area contributed by atoms with Gasteiger partial charge in [0.25, 0.3) is 0 Å². The molecule has 1 aliphatic heterocycles. The van der Waals surface area contributed by atoms with Crippen LogP contribution in [0.1, 0.15) is 20.3 Å². The summed E-state index contributed by atoms with van der Waals surface area (Å²) in [6, 6.07) is 0. The van der Waals surface area contributed by atoms with Crippen LogP contribution >= 0.6 is 0 Å². The summed E-state index contributed by atoms with van der Waals surface area (Å²) in [6.07, 6.45) is 1.15. The minimum absolute atomic E-state index is 0.0941. The van der Waals surface area contributed by atoms with Crippen molar-refractivity contribution in [1.82, 2.24) is 9.97 Å². The van der Waals surface area contributed by atoms with Crippen LogP contribution in [0.2, 0.25) is 0 Å². The Labute approximate surface area is 117 Å². The van der Waals surface area contributed by atoms with E-state index in [1.54, 1.807) is 0 Å². The number of nitro groups is 1. The Morgan fingerprint density at radius 1 is 1.35 bits per heavy atom. The van der Waals surface area contributed by atoms with Gasteiger partial charge in [0.2, 0.25) is 11.8 Å². The van der Waals surface area contributed by atoms with Crippen molar-refractivity contribution in [2.24, 2.45) is 11.8 Å². The van der Waals surface area contributed by atoms with Crippen molar-refractivity contribution in [3.8, 4) is 5.88 Å². The first-order valence-corrected chi connectivity index (χ1v) is 6.53. The lowest BCUT2D eigenvalue weighted by Gasteiger charge is -2.35. The lowest BCUT2D eigenvalue weighted by atomic mass is 9.92. The minimum Gasteiger partial charge on any atom is -0.476 e. The number of nitrogen functional groups attached to an aromatic ring is 1. The number of ether oxygens (including phenoxy) is 1. The van der Waals surface area contributed by atoms with Gasteiger partial charge >= 0.3 is 11.6 Å². The molecule has 0 unspecified atom stereocenters. The molecule has 2 atom stereocenters. The number of piperidine rings is 1. The first kappa shape index (κ1) is 14.3. The summed E-state index contributed by atoms with van der Waals surface area (Å²) in [6.45, 7) is 5.94. The molecule has 1 saturated heterocycles. The molecule has 2 N–H and O–H groups in total. The topological polar surface area (TPSA) is 107 Å². The SMILES string of the molecule is COc1nc(N2C[C@@H](C)C[C@H](C)C2)nc(N)c1[N+](=O)[O-]. The third kappa shape index (κ3) is 2.73. The highest BCUT2D eigenvalue weighted by molar-refractivity contribution is 5.61. The second kappa shape index (κ2) is 5.48. The predicted molar refractivity (Wildman–Crippen MR) is 74.8 cm³/mol. The van der Waals surface area contributed by atoms with E-state index in [0.717, 1.165) is 19.5 Å². The molecular weight excluding hydrogens is 262 g/mol. The zero-order valence-electron chi connectivity index (χ0n) is 11.9. The van der Waals surface area contributed by atoms with Crippen LogP contribution < -0.4 is 15.4 Å². The van der Waals surface area contributed by atoms with Crippen LogP contribution in [0.3, 0.4) is 0 Å². The monoisotopic (exact) mass is 281 g/mol. The summed E-state index contributed by atoms with van der Waals surface area (Å²) in [5.41, 5.74) is 5.29. The van der Waals surface area contributed by atoms with Gasteiger partial charge in [0.05, 0.1) is 12.0 Å². The maximum atomic E-state index is 10.9. The van der Waals surface area contributed by atoms with Crippen molar-refractivity contribution in [2.45, 2.75) is 20.3 Å². The second-order valence-corrected chi connectivity index (χ2v) is 5.37. The molecule has 1 aliphatic rings. The van der Waals surface area contributed by atoms with Gasteiger partial charge in [-0.3, -0.25) is 10.1 Å². The molecule has 8 nitrogen and oxygen atoms in total. The van der Waals surface area contributed by atoms with Crippen LogP contribution in [0.15, 0.2) is 0 Å². The fourth-order valence-corrected chi connectivity index (χ4v) is 2.72. The van der Waals surface area contributed by atoms with E-state index in [9.17, 15) is 10.1 Å². The quantitative estimate of drug-likeness (QED) is 0.660. The number of aromatic nitrogens is 2. The molecule has 0 aliphatic carbocycles. The fraction of sp³-hybridized carbons (Fsp3) is 0.667. The summed E-state index contributed by atoms with van der Waals surface area (Å²) in [5, 5.41) is 10.9. The van der Waals surface area contributed by atoms with Crippen molar-refractivity contribution < 1.29 is 9.66 Å². The van der Waals surface area contributed by atoms with Gasteiger partial charge < -0.3 is 15.4 Å². The van der Waals surface area contributed by atoms with Crippen LogP contribution in [0.4, 0.5) is 17.5 Å². The van der Waals surface area contributed by atoms with Crippen molar-refractivity contribution in [3.63, 3.8) is 0 Å². The maximum absolute atomic E-state index is 10.9. The minimum atomic E-state index is -0.626. The summed E-state index contributed by atoms with van der Waals surface area (Å²) in [4.78, 5) is 20.5. The molecule has 1 aromatic rings. The standard InChI is InChI=1S/C12H19N5O3/c1-7-4-8(2)6-16(5-7)12-14-10(13)9(17(18)19)11(15-12)20-3/h7-8H,4-6H2,1-3H3,(H2,13,14,15)/t7-,8-/m0/s1. The maximum Gasteiger partial charge on any atom is 0.372 e. The Bertz CT molecular complexity index is 512. The molecule has 0 bridgehead atoms. The van der Waals surface area contributed by atoms with Gasteiger partial charge in [-0.1, -0.05) is 13.8 Å². The van der Waals surface area contributed by atoms with Gasteiger partial charge in [0.1, 0.15) is 0 Å². The third-order valence-electron chi connectivity index (χ3n) is 3.39. The highest BCUT2D eigenvalue weighted by Gasteiger charge is 2.29. The highest BCUT2D eigenvalue weighted by atomic mass is 16.6. The van der Waals surface area contributed by atoms with E-state index < -0.39 is 4.92 Å². The Hall–Kier alpha value is -2.12. The van der Waals surface area contributed by atoms with Crippen molar-refractivity contribution >= 4 is 17.5 Å². The van der Waals surface area contributed by atoms with E-state index in [-0.39, 0.29) is 17.4 Å². The summed E-state index contributed by atoms with van der Waals surface area (Å²) < 4.78 is 4.97. The van der Waals surface area contributed by atoms with Crippen LogP contribution in [0.5, 0.6) is 5.88 Å². The van der Waals surface area contributed by atoms with Crippen LogP contribution in [0, 0.1) is 22.0 Å². The van der Waals surface area contributed by atoms with Gasteiger partial charge in [-0.2, -0.15) is 9.97 Å². The molecule has 2 rings (SSSR count). The Morgan fingerprint density at radius 2 is 1.95 bits per heavy atom. The number of nitrogens with zero attached hydrogens (tertiary/aromatic N) is 4. The number of rotatable bonds is 3. The molecule has 110 valence electrons. The number of anilines is 2. The molecule has 1 fully saturated rings. The van der Waals surface area contributed by atoms with E-state index in [0.29, 0.717) is 17.8 Å². The summed E-state index contributed by atoms with van der Waals surface area (Å²) in [5.74, 6) is 1.17. The van der Waals surface area contributed by atoms with Crippen LogP contribution in [-0.4, -0.2) is 35.1 Å². The second-order valence-electron chi connectivity index (χ2n) is 5.37. The van der Waals surface area contributed by atoms with Gasteiger partial charge in [0, 0.05) is 13.1 Å². The lowest BCUT2D eigenvalue weighted by Crippen LogP contribution is -2.39. The zero-order valence-corrected chi connectivity index (χ0v) is 11.9. The molecule has 20 heavy (non-hydrogen) atoms. The number of nitrogens with two attached hydrogens (primary N) is 1. The molecular formula is C12H19N5O3. The smallest absolute Gasteiger partial charge is 0.372 e. The fourth-order valence-electron chi connectivity index (χ4n) is 2.72. The Morgan fingerprint density at radius 3 is 2.45 bits per heavy atom. The highest BCUT2D eigenvalue weighted by Crippen LogP contribution is 2.33. The van der Waals surface area contributed by atoms with Crippen molar-refractivity contribution in [2.75, 3.05) is 30.8 Å². The van der Waals surface area contributed by atoms with Crippen LogP contribution in [-0.2, 0) is 0 Å². The van der Waals surface area contributed by atoms with Crippen molar-refractivity contribution in [1.29, 1.82) is 0 Å². The molecule has 8 heteroatoms. The van der Waals surface area contributed by atoms with E-state index in [4.69, 9.17) is 10.5 Å². The Kier molecular flexibility index (Phi) is 3.91. The lowest BCUT2D eigenvalue weighted by molar-refractivity contribution is -0.385. The van der Waals surface area contributed by atoms with E-state index in [2.05, 4.69) is 23.8 Å². The summed E-state index contributed by atoms with van der Waals surface area (Å²) >= 11 is 0. The molecule has 0 aromatic carbocycles. The molecule has 0 amide bonds. The van der Waals surface area contributed by atoms with E-state index in [1.165, 1.54) is 7.11 Å². The molecule has 0 spiro atoms. The normalized spacial score (nSPS) is 22.6. The Balaban J connectivity index is 2.38. The predicted octanol–water partition coefficient (Wildman–Crippen LogP) is 1.46. The first-order chi connectivity index (χ1) is 9.42.